The molecule has 17 heavy (non-hydrogen) atoms. The lowest BCUT2D eigenvalue weighted by molar-refractivity contribution is 0.150. The molecule has 1 aliphatic carbocycles. The van der Waals surface area contributed by atoms with Gasteiger partial charge in [0.05, 0.1) is 0 Å². The zero-order valence-electron chi connectivity index (χ0n) is 12.0. The summed E-state index contributed by atoms with van der Waals surface area (Å²) in [6.45, 7) is 13.3. The van der Waals surface area contributed by atoms with Crippen LogP contribution in [0.3, 0.4) is 0 Å². The second-order valence-corrected chi connectivity index (χ2v) is 11.9. The molecular weight excluding hydrogens is 248 g/mol. The maximum atomic E-state index is 6.39. The highest BCUT2D eigenvalue weighted by atomic mass is 32.1. The van der Waals surface area contributed by atoms with E-state index in [-0.39, 0.29) is 11.1 Å². The Bertz CT molecular complexity index is 284. The molecular formula is C13H26O2SSi. The van der Waals surface area contributed by atoms with Crippen LogP contribution in [0.4, 0.5) is 0 Å². The summed E-state index contributed by atoms with van der Waals surface area (Å²) in [7, 11) is -1.63. The molecule has 2 nitrogen and oxygen atoms in total. The lowest BCUT2D eigenvalue weighted by Crippen LogP contribution is -2.43. The summed E-state index contributed by atoms with van der Waals surface area (Å²) in [5, 5.41) is 0.939. The molecule has 0 N–H and O–H groups in total. The minimum Gasteiger partial charge on any atom is -0.484 e. The van der Waals surface area contributed by atoms with Crippen molar-refractivity contribution >= 4 is 25.6 Å². The Hall–Kier alpha value is 0.0669. The minimum absolute atomic E-state index is 0.280. The predicted octanol–water partition coefficient (Wildman–Crippen LogP) is 4.29. The third-order valence-electron chi connectivity index (χ3n) is 3.94. The second kappa shape index (κ2) is 5.37. The van der Waals surface area contributed by atoms with Crippen molar-refractivity contribution in [1.29, 1.82) is 0 Å². The summed E-state index contributed by atoms with van der Waals surface area (Å²) < 4.78 is 12.0. The van der Waals surface area contributed by atoms with Crippen molar-refractivity contribution in [1.82, 2.24) is 0 Å². The molecule has 100 valence electrons. The number of thiocarbonyl (C=S) groups is 1. The first-order chi connectivity index (χ1) is 7.62. The SMILES string of the molecule is CC(=S)O[C@@H]1CC[C@@H](O[Si](C)(C)C(C)(C)C)C1. The van der Waals surface area contributed by atoms with Gasteiger partial charge in [-0.15, -0.1) is 0 Å². The van der Waals surface area contributed by atoms with Gasteiger partial charge in [-0.05, 0) is 43.2 Å². The fourth-order valence-corrected chi connectivity index (χ4v) is 3.48. The summed E-state index contributed by atoms with van der Waals surface area (Å²) in [6.07, 6.45) is 3.84. The molecule has 0 bridgehead atoms. The van der Waals surface area contributed by atoms with E-state index < -0.39 is 8.32 Å². The Morgan fingerprint density at radius 2 is 1.71 bits per heavy atom. The molecule has 0 aromatic carbocycles. The first-order valence-electron chi connectivity index (χ1n) is 6.47. The molecule has 0 saturated heterocycles. The lowest BCUT2D eigenvalue weighted by atomic mass is 10.2. The molecule has 4 heteroatoms. The molecule has 2 atom stereocenters. The van der Waals surface area contributed by atoms with E-state index in [0.717, 1.165) is 19.3 Å². The summed E-state index contributed by atoms with van der Waals surface area (Å²) >= 11 is 4.99. The van der Waals surface area contributed by atoms with E-state index in [4.69, 9.17) is 21.4 Å². The minimum atomic E-state index is -1.63. The molecule has 1 fully saturated rings. The Morgan fingerprint density at radius 1 is 1.18 bits per heavy atom. The highest BCUT2D eigenvalue weighted by molar-refractivity contribution is 7.80. The average molecular weight is 275 g/mol. The molecule has 1 aliphatic rings. The van der Waals surface area contributed by atoms with Gasteiger partial charge in [0.2, 0.25) is 0 Å². The normalized spacial score (nSPS) is 26.0. The fraction of sp³-hybridized carbons (Fsp3) is 0.923. The maximum absolute atomic E-state index is 6.39. The molecule has 1 rings (SSSR count). The molecule has 0 spiro atoms. The van der Waals surface area contributed by atoms with Crippen LogP contribution in [-0.2, 0) is 9.16 Å². The third kappa shape index (κ3) is 4.34. The van der Waals surface area contributed by atoms with Crippen molar-refractivity contribution in [2.75, 3.05) is 0 Å². The van der Waals surface area contributed by atoms with Crippen molar-refractivity contribution < 1.29 is 9.16 Å². The van der Waals surface area contributed by atoms with Crippen LogP contribution in [0.15, 0.2) is 0 Å². The van der Waals surface area contributed by atoms with Gasteiger partial charge < -0.3 is 9.16 Å². The highest BCUT2D eigenvalue weighted by Crippen LogP contribution is 2.39. The number of hydrogen-bond acceptors (Lipinski definition) is 3. The van der Waals surface area contributed by atoms with Gasteiger partial charge in [0.25, 0.3) is 0 Å². The smallest absolute Gasteiger partial charge is 0.192 e. The van der Waals surface area contributed by atoms with E-state index in [1.165, 1.54) is 0 Å². The van der Waals surface area contributed by atoms with Crippen LogP contribution in [0.1, 0.15) is 47.0 Å². The van der Waals surface area contributed by atoms with E-state index in [9.17, 15) is 0 Å². The zero-order chi connectivity index (χ0) is 13.3. The Labute approximate surface area is 112 Å². The number of rotatable bonds is 3. The van der Waals surface area contributed by atoms with Gasteiger partial charge in [-0.25, -0.2) is 0 Å². The lowest BCUT2D eigenvalue weighted by Gasteiger charge is -2.38. The summed E-state index contributed by atoms with van der Waals surface area (Å²) in [6, 6.07) is 0. The van der Waals surface area contributed by atoms with Crippen LogP contribution in [0.2, 0.25) is 18.1 Å². The predicted molar refractivity (Wildman–Crippen MR) is 79.1 cm³/mol. The average Bonchev–Trinajstić information content (AvgIpc) is 2.48. The molecule has 0 aromatic rings. The standard InChI is InChI=1S/C13H26O2SSi/c1-10(16)14-11-7-8-12(9-11)15-17(5,6)13(2,3)4/h11-12H,7-9H2,1-6H3/t11-,12-/m1/s1. The molecule has 0 heterocycles. The van der Waals surface area contributed by atoms with Crippen molar-refractivity contribution in [2.24, 2.45) is 0 Å². The first-order valence-corrected chi connectivity index (χ1v) is 9.78. The van der Waals surface area contributed by atoms with E-state index >= 15 is 0 Å². The number of ether oxygens (including phenoxy) is 1. The van der Waals surface area contributed by atoms with Crippen molar-refractivity contribution in [2.45, 2.75) is 77.3 Å². The topological polar surface area (TPSA) is 18.5 Å². The fourth-order valence-electron chi connectivity index (χ4n) is 1.94. The molecule has 1 saturated carbocycles. The molecule has 0 amide bonds. The first kappa shape index (κ1) is 15.1. The van der Waals surface area contributed by atoms with Crippen molar-refractivity contribution in [3.05, 3.63) is 0 Å². The maximum Gasteiger partial charge on any atom is 0.192 e. The largest absolute Gasteiger partial charge is 0.484 e. The van der Waals surface area contributed by atoms with Gasteiger partial charge in [0.15, 0.2) is 13.4 Å². The van der Waals surface area contributed by atoms with Crippen LogP contribution in [-0.4, -0.2) is 25.6 Å². The Morgan fingerprint density at radius 3 is 2.18 bits per heavy atom. The van der Waals surface area contributed by atoms with Crippen LogP contribution in [0.5, 0.6) is 0 Å². The molecule has 0 unspecified atom stereocenters. The van der Waals surface area contributed by atoms with Gasteiger partial charge in [0, 0.05) is 19.4 Å². The Balaban J connectivity index is 2.48. The van der Waals surface area contributed by atoms with Crippen LogP contribution in [0.25, 0.3) is 0 Å². The van der Waals surface area contributed by atoms with Crippen LogP contribution >= 0.6 is 12.2 Å². The van der Waals surface area contributed by atoms with Gasteiger partial charge >= 0.3 is 0 Å². The number of hydrogen-bond donors (Lipinski definition) is 0. The van der Waals surface area contributed by atoms with E-state index in [1.807, 2.05) is 6.92 Å². The van der Waals surface area contributed by atoms with Crippen LogP contribution < -0.4 is 0 Å². The summed E-state index contributed by atoms with van der Waals surface area (Å²) in [5.41, 5.74) is 0. The third-order valence-corrected chi connectivity index (χ3v) is 8.57. The summed E-state index contributed by atoms with van der Waals surface area (Å²) in [5.74, 6) is 0. The molecule has 0 aliphatic heterocycles. The molecule has 0 radical (unpaired) electrons. The van der Waals surface area contributed by atoms with E-state index in [0.29, 0.717) is 11.2 Å². The van der Waals surface area contributed by atoms with Gasteiger partial charge in [-0.2, -0.15) is 0 Å². The van der Waals surface area contributed by atoms with E-state index in [1.54, 1.807) is 0 Å². The zero-order valence-corrected chi connectivity index (χ0v) is 13.8. The quantitative estimate of drug-likeness (QED) is 0.565. The van der Waals surface area contributed by atoms with E-state index in [2.05, 4.69) is 33.9 Å². The molecule has 0 aromatic heterocycles. The monoisotopic (exact) mass is 274 g/mol. The van der Waals surface area contributed by atoms with Gasteiger partial charge in [0.1, 0.15) is 6.10 Å². The highest BCUT2D eigenvalue weighted by Gasteiger charge is 2.41. The Kier molecular flexibility index (Phi) is 4.78. The van der Waals surface area contributed by atoms with Crippen LogP contribution in [0, 0.1) is 0 Å². The van der Waals surface area contributed by atoms with Gasteiger partial charge in [-0.1, -0.05) is 20.8 Å². The summed E-state index contributed by atoms with van der Waals surface area (Å²) in [4.78, 5) is 0. The van der Waals surface area contributed by atoms with Crippen molar-refractivity contribution in [3.63, 3.8) is 0 Å². The second-order valence-electron chi connectivity index (χ2n) is 6.54. The van der Waals surface area contributed by atoms with Crippen molar-refractivity contribution in [3.8, 4) is 0 Å². The van der Waals surface area contributed by atoms with Gasteiger partial charge in [-0.3, -0.25) is 0 Å².